The first-order valence-electron chi connectivity index (χ1n) is 20.1. The van der Waals surface area contributed by atoms with E-state index in [-0.39, 0.29) is 5.54 Å². The molecule has 0 saturated heterocycles. The van der Waals surface area contributed by atoms with Crippen molar-refractivity contribution in [1.29, 1.82) is 0 Å². The molecule has 0 aromatic heterocycles. The van der Waals surface area contributed by atoms with Crippen molar-refractivity contribution in [3.8, 4) is 0 Å². The van der Waals surface area contributed by atoms with Crippen LogP contribution in [-0.4, -0.2) is 127 Å². The summed E-state index contributed by atoms with van der Waals surface area (Å²) in [4.78, 5) is 0. The summed E-state index contributed by atoms with van der Waals surface area (Å²) >= 11 is 0. The molecule has 0 N–H and O–H groups in total. The Labute approximate surface area is 316 Å². The van der Waals surface area contributed by atoms with Crippen molar-refractivity contribution in [1.82, 2.24) is 0 Å². The summed E-state index contributed by atoms with van der Waals surface area (Å²) in [6, 6.07) is 0.611. The number of hydrogen-bond acceptors (Lipinski definition) is 11. The van der Waals surface area contributed by atoms with Gasteiger partial charge in [0.1, 0.15) is 0 Å². The van der Waals surface area contributed by atoms with Crippen LogP contribution in [0.3, 0.4) is 0 Å². The van der Waals surface area contributed by atoms with Crippen LogP contribution in [0, 0.1) is 0 Å². The van der Waals surface area contributed by atoms with Gasteiger partial charge in [-0.1, -0.05) is 77.0 Å². The maximum atomic E-state index is 5.88. The topological polar surface area (TPSA) is 102 Å². The van der Waals surface area contributed by atoms with Gasteiger partial charge in [-0.25, -0.2) is 0 Å². The molecule has 0 saturated carbocycles. The zero-order valence-electron chi connectivity index (χ0n) is 34.3. The lowest BCUT2D eigenvalue weighted by molar-refractivity contribution is 0.0680. The second-order valence-electron chi connectivity index (χ2n) is 13.4. The second kappa shape index (κ2) is 38.3. The number of unbranched alkanes of at least 4 members (excludes halogenated alkanes) is 15. The summed E-state index contributed by atoms with van der Waals surface area (Å²) in [5, 5.41) is 0. The molecule has 13 heteroatoms. The normalized spacial score (nSPS) is 13.0. The van der Waals surface area contributed by atoms with Crippen LogP contribution in [0.15, 0.2) is 0 Å². The van der Waals surface area contributed by atoms with Gasteiger partial charge in [-0.3, -0.25) is 0 Å². The smallest absolute Gasteiger partial charge is 0.382 e. The minimum Gasteiger partial charge on any atom is -0.382 e. The van der Waals surface area contributed by atoms with E-state index in [9.17, 15) is 0 Å². The summed E-state index contributed by atoms with van der Waals surface area (Å²) in [5.41, 5.74) is 0.0561. The lowest BCUT2D eigenvalue weighted by atomic mass is 10.1. The molecule has 0 spiro atoms. The molecule has 0 aromatic carbocycles. The molecule has 0 aliphatic heterocycles. The third-order valence-corrected chi connectivity index (χ3v) is 16.0. The maximum Gasteiger partial charge on any atom is 0.503 e. The van der Waals surface area contributed by atoms with Crippen molar-refractivity contribution in [3.63, 3.8) is 0 Å². The molecule has 0 aliphatic carbocycles. The van der Waals surface area contributed by atoms with Crippen LogP contribution < -0.4 is 0 Å². The summed E-state index contributed by atoms with van der Waals surface area (Å²) in [7, 11) is 5.98. The van der Waals surface area contributed by atoms with Gasteiger partial charge in [0.15, 0.2) is 0 Å². The Morgan fingerprint density at radius 2 is 0.608 bits per heavy atom. The van der Waals surface area contributed by atoms with Gasteiger partial charge in [0.05, 0.1) is 13.2 Å². The van der Waals surface area contributed by atoms with Gasteiger partial charge in [0.25, 0.3) is 0 Å². The highest BCUT2D eigenvalue weighted by Gasteiger charge is 2.53. The van der Waals surface area contributed by atoms with E-state index in [1.165, 1.54) is 70.6 Å². The Hall–Kier alpha value is -0.00623. The zero-order chi connectivity index (χ0) is 37.6. The first-order valence-corrected chi connectivity index (χ1v) is 23.9. The van der Waals surface area contributed by atoms with E-state index in [0.29, 0.717) is 19.3 Å². The zero-order valence-corrected chi connectivity index (χ0v) is 36.3. The molecular formula is C38H82O11Si2. The van der Waals surface area contributed by atoms with E-state index in [2.05, 4.69) is 0 Å². The van der Waals surface area contributed by atoms with Gasteiger partial charge >= 0.3 is 17.6 Å². The van der Waals surface area contributed by atoms with Crippen molar-refractivity contribution >= 4 is 17.6 Å². The average Bonchev–Trinajstić information content (AvgIpc) is 3.16. The van der Waals surface area contributed by atoms with E-state index < -0.39 is 17.6 Å². The molecule has 0 radical (unpaired) electrons. The Balaban J connectivity index is 3.52. The van der Waals surface area contributed by atoms with E-state index in [1.54, 1.807) is 49.8 Å². The maximum absolute atomic E-state index is 5.88. The average molecular weight is 771 g/mol. The Bertz CT molecular complexity index is 672. The molecule has 0 amide bonds. The molecule has 1 atom stereocenters. The fourth-order valence-corrected chi connectivity index (χ4v) is 11.9. The minimum absolute atomic E-state index is 0.0561. The highest BCUT2D eigenvalue weighted by Crippen LogP contribution is 2.38. The van der Waals surface area contributed by atoms with Crippen LogP contribution in [0.4, 0.5) is 0 Å². The number of rotatable bonds is 43. The summed E-state index contributed by atoms with van der Waals surface area (Å²) in [6.45, 7) is 7.53. The molecule has 0 heterocycles. The molecule has 0 aromatic rings. The van der Waals surface area contributed by atoms with Crippen LogP contribution >= 0.6 is 0 Å². The standard InChI is InChI=1S/C38H82O11Si2/c1-39-35-36-49-34-26-18-17-25-33-48-32-24-16-15-23-31-47-30-22-14-13-21-29-46-28-20-12-10-8-9-11-19-27-38(51(43-5,44-6)45-7)37-50(40-2,41-3)42-4/h38H,8-37H2,1-7H3. The Morgan fingerprint density at radius 1 is 0.314 bits per heavy atom. The van der Waals surface area contributed by atoms with Crippen molar-refractivity contribution < 1.29 is 50.2 Å². The molecule has 0 bridgehead atoms. The SMILES string of the molecule is COCCOCCCCCCOCCCCCCOCCCCCCOCCCCCCCCCC(C[Si](OC)(OC)OC)[Si](OC)(OC)OC. The summed E-state index contributed by atoms with van der Waals surface area (Å²) < 4.78 is 62.5. The quantitative estimate of drug-likeness (QED) is 0.0440. The van der Waals surface area contributed by atoms with Gasteiger partial charge in [-0.2, -0.15) is 0 Å². The van der Waals surface area contributed by atoms with Crippen molar-refractivity contribution in [2.45, 2.75) is 140 Å². The second-order valence-corrected chi connectivity index (χ2v) is 19.6. The van der Waals surface area contributed by atoms with Gasteiger partial charge < -0.3 is 50.2 Å². The predicted octanol–water partition coefficient (Wildman–Crippen LogP) is 8.63. The summed E-state index contributed by atoms with van der Waals surface area (Å²) in [6.07, 6.45) is 23.5. The molecule has 0 aliphatic rings. The fourth-order valence-electron chi connectivity index (χ4n) is 6.27. The molecule has 1 unspecified atom stereocenters. The third-order valence-electron chi connectivity index (χ3n) is 9.54. The van der Waals surface area contributed by atoms with Crippen LogP contribution in [0.5, 0.6) is 0 Å². The van der Waals surface area contributed by atoms with Crippen LogP contribution in [-0.2, 0) is 50.2 Å². The van der Waals surface area contributed by atoms with Crippen molar-refractivity contribution in [2.24, 2.45) is 0 Å². The third kappa shape index (κ3) is 28.1. The van der Waals surface area contributed by atoms with E-state index >= 15 is 0 Å². The first kappa shape index (κ1) is 51.0. The molecule has 51 heavy (non-hydrogen) atoms. The Kier molecular flexibility index (Phi) is 38.3. The van der Waals surface area contributed by atoms with Crippen molar-refractivity contribution in [2.75, 3.05) is 109 Å². The van der Waals surface area contributed by atoms with Crippen molar-refractivity contribution in [3.05, 3.63) is 0 Å². The fraction of sp³-hybridized carbons (Fsp3) is 1.00. The lowest BCUT2D eigenvalue weighted by Crippen LogP contribution is -2.53. The molecule has 11 nitrogen and oxygen atoms in total. The highest BCUT2D eigenvalue weighted by atomic mass is 28.4. The van der Waals surface area contributed by atoms with E-state index in [1.807, 2.05) is 0 Å². The largest absolute Gasteiger partial charge is 0.503 e. The monoisotopic (exact) mass is 771 g/mol. The van der Waals surface area contributed by atoms with E-state index in [0.717, 1.165) is 104 Å². The molecule has 0 fully saturated rings. The molecule has 308 valence electrons. The predicted molar refractivity (Wildman–Crippen MR) is 210 cm³/mol. The number of methoxy groups -OCH3 is 1. The minimum atomic E-state index is -2.86. The van der Waals surface area contributed by atoms with Gasteiger partial charge in [-0.15, -0.1) is 0 Å². The van der Waals surface area contributed by atoms with E-state index in [4.69, 9.17) is 50.2 Å². The van der Waals surface area contributed by atoms with Crippen LogP contribution in [0.1, 0.15) is 128 Å². The van der Waals surface area contributed by atoms with Gasteiger partial charge in [0, 0.05) is 108 Å². The van der Waals surface area contributed by atoms with Crippen LogP contribution in [0.25, 0.3) is 0 Å². The Morgan fingerprint density at radius 3 is 0.902 bits per heavy atom. The highest BCUT2D eigenvalue weighted by molar-refractivity contribution is 6.67. The van der Waals surface area contributed by atoms with Gasteiger partial charge in [0.2, 0.25) is 0 Å². The summed E-state index contributed by atoms with van der Waals surface area (Å²) in [5.74, 6) is 0. The molecule has 0 rings (SSSR count). The molecular weight excluding hydrogens is 689 g/mol. The number of hydrogen-bond donors (Lipinski definition) is 0. The first-order chi connectivity index (χ1) is 25.0. The number of ether oxygens (including phenoxy) is 5. The van der Waals surface area contributed by atoms with Crippen LogP contribution in [0.2, 0.25) is 11.6 Å². The lowest BCUT2D eigenvalue weighted by Gasteiger charge is -2.36. The van der Waals surface area contributed by atoms with Gasteiger partial charge in [-0.05, 0) is 51.4 Å².